The summed E-state index contributed by atoms with van der Waals surface area (Å²) in [5.41, 5.74) is 3.59. The standard InChI is InChI=1S/C17H19Br2NO/c1-4-20-17(12-5-7-15(19)11(2)9-12)14-10-13(18)6-8-16(14)21-3/h5-10,17,20H,4H2,1-3H3. The summed E-state index contributed by atoms with van der Waals surface area (Å²) in [7, 11) is 1.71. The van der Waals surface area contributed by atoms with Crippen molar-refractivity contribution in [2.24, 2.45) is 0 Å². The van der Waals surface area contributed by atoms with E-state index >= 15 is 0 Å². The molecule has 0 spiro atoms. The van der Waals surface area contributed by atoms with E-state index in [0.29, 0.717) is 0 Å². The molecule has 0 aliphatic heterocycles. The minimum absolute atomic E-state index is 0.106. The van der Waals surface area contributed by atoms with Gasteiger partial charge in [0.25, 0.3) is 0 Å². The largest absolute Gasteiger partial charge is 0.496 e. The SMILES string of the molecule is CCNC(c1ccc(Br)c(C)c1)c1cc(Br)ccc1OC. The molecule has 1 atom stereocenters. The second-order valence-electron chi connectivity index (χ2n) is 4.89. The van der Waals surface area contributed by atoms with Gasteiger partial charge in [-0.2, -0.15) is 0 Å². The highest BCUT2D eigenvalue weighted by molar-refractivity contribution is 9.10. The Morgan fingerprint density at radius 2 is 1.90 bits per heavy atom. The minimum Gasteiger partial charge on any atom is -0.496 e. The molecule has 0 fully saturated rings. The van der Waals surface area contributed by atoms with Crippen molar-refractivity contribution in [2.75, 3.05) is 13.7 Å². The van der Waals surface area contributed by atoms with Crippen LogP contribution < -0.4 is 10.1 Å². The number of benzene rings is 2. The molecule has 1 unspecified atom stereocenters. The van der Waals surface area contributed by atoms with Gasteiger partial charge in [0.2, 0.25) is 0 Å². The molecule has 0 amide bonds. The van der Waals surface area contributed by atoms with Gasteiger partial charge in [0.1, 0.15) is 5.75 Å². The van der Waals surface area contributed by atoms with Crippen LogP contribution in [0.3, 0.4) is 0 Å². The first-order valence-corrected chi connectivity index (χ1v) is 8.48. The van der Waals surface area contributed by atoms with Crippen LogP contribution in [0.5, 0.6) is 5.75 Å². The van der Waals surface area contributed by atoms with Gasteiger partial charge in [-0.3, -0.25) is 0 Å². The van der Waals surface area contributed by atoms with Crippen molar-refractivity contribution in [1.82, 2.24) is 5.32 Å². The van der Waals surface area contributed by atoms with E-state index in [-0.39, 0.29) is 6.04 Å². The quantitative estimate of drug-likeness (QED) is 0.725. The molecule has 2 rings (SSSR count). The van der Waals surface area contributed by atoms with E-state index in [1.807, 2.05) is 12.1 Å². The van der Waals surface area contributed by atoms with Crippen molar-refractivity contribution < 1.29 is 4.74 Å². The molecule has 0 aromatic heterocycles. The lowest BCUT2D eigenvalue weighted by molar-refractivity contribution is 0.404. The molecule has 0 saturated heterocycles. The van der Waals surface area contributed by atoms with Crippen LogP contribution in [-0.4, -0.2) is 13.7 Å². The Morgan fingerprint density at radius 1 is 1.14 bits per heavy atom. The number of nitrogens with one attached hydrogen (secondary N) is 1. The average molecular weight is 413 g/mol. The molecule has 21 heavy (non-hydrogen) atoms. The number of aryl methyl sites for hydroxylation is 1. The maximum absolute atomic E-state index is 5.53. The summed E-state index contributed by atoms with van der Waals surface area (Å²) in [5, 5.41) is 3.55. The summed E-state index contributed by atoms with van der Waals surface area (Å²) >= 11 is 7.11. The number of rotatable bonds is 5. The number of hydrogen-bond acceptors (Lipinski definition) is 2. The number of ether oxygens (including phenoxy) is 1. The molecular formula is C17H19Br2NO. The van der Waals surface area contributed by atoms with Crippen molar-refractivity contribution in [3.63, 3.8) is 0 Å². The van der Waals surface area contributed by atoms with E-state index in [0.717, 1.165) is 26.8 Å². The van der Waals surface area contributed by atoms with Gasteiger partial charge in [-0.15, -0.1) is 0 Å². The van der Waals surface area contributed by atoms with Gasteiger partial charge >= 0.3 is 0 Å². The van der Waals surface area contributed by atoms with Crippen molar-refractivity contribution in [1.29, 1.82) is 0 Å². The maximum atomic E-state index is 5.53. The predicted molar refractivity (Wildman–Crippen MR) is 95.1 cm³/mol. The zero-order valence-corrected chi connectivity index (χ0v) is 15.6. The number of methoxy groups -OCH3 is 1. The topological polar surface area (TPSA) is 21.3 Å². The molecule has 1 N–H and O–H groups in total. The van der Waals surface area contributed by atoms with Gasteiger partial charge < -0.3 is 10.1 Å². The fraction of sp³-hybridized carbons (Fsp3) is 0.294. The molecule has 4 heteroatoms. The van der Waals surface area contributed by atoms with Gasteiger partial charge in [0, 0.05) is 14.5 Å². The highest BCUT2D eigenvalue weighted by Crippen LogP contribution is 2.33. The summed E-state index contributed by atoms with van der Waals surface area (Å²) < 4.78 is 7.71. The third-order valence-electron chi connectivity index (χ3n) is 3.43. The molecule has 0 bridgehead atoms. The summed E-state index contributed by atoms with van der Waals surface area (Å²) in [5.74, 6) is 0.893. The summed E-state index contributed by atoms with van der Waals surface area (Å²) in [4.78, 5) is 0. The van der Waals surface area contributed by atoms with Crippen molar-refractivity contribution in [2.45, 2.75) is 19.9 Å². The van der Waals surface area contributed by atoms with Crippen LogP contribution in [0.1, 0.15) is 29.7 Å². The van der Waals surface area contributed by atoms with Crippen LogP contribution in [0.25, 0.3) is 0 Å². The number of halogens is 2. The smallest absolute Gasteiger partial charge is 0.124 e. The molecule has 0 aliphatic rings. The van der Waals surface area contributed by atoms with Crippen molar-refractivity contribution in [3.8, 4) is 5.75 Å². The van der Waals surface area contributed by atoms with Gasteiger partial charge in [-0.05, 0) is 48.9 Å². The second kappa shape index (κ2) is 7.43. The molecule has 112 valence electrons. The highest BCUT2D eigenvalue weighted by Gasteiger charge is 2.18. The lowest BCUT2D eigenvalue weighted by atomic mass is 9.96. The van der Waals surface area contributed by atoms with Crippen LogP contribution in [0.15, 0.2) is 45.3 Å². The number of hydrogen-bond donors (Lipinski definition) is 1. The summed E-state index contributed by atoms with van der Waals surface area (Å²) in [6.45, 7) is 5.10. The Hall–Kier alpha value is -0.840. The fourth-order valence-corrected chi connectivity index (χ4v) is 3.02. The van der Waals surface area contributed by atoms with Gasteiger partial charge in [0.15, 0.2) is 0 Å². The third kappa shape index (κ3) is 3.87. The van der Waals surface area contributed by atoms with Gasteiger partial charge in [-0.1, -0.05) is 50.9 Å². The maximum Gasteiger partial charge on any atom is 0.124 e. The summed E-state index contributed by atoms with van der Waals surface area (Å²) in [6.07, 6.45) is 0. The molecule has 2 nitrogen and oxygen atoms in total. The highest BCUT2D eigenvalue weighted by atomic mass is 79.9. The van der Waals surface area contributed by atoms with Crippen molar-refractivity contribution in [3.05, 3.63) is 62.0 Å². The Kier molecular flexibility index (Phi) is 5.85. The van der Waals surface area contributed by atoms with Gasteiger partial charge in [0.05, 0.1) is 13.2 Å². The lowest BCUT2D eigenvalue weighted by Crippen LogP contribution is -2.22. The fourth-order valence-electron chi connectivity index (χ4n) is 2.39. The zero-order chi connectivity index (χ0) is 15.4. The Morgan fingerprint density at radius 3 is 2.52 bits per heavy atom. The van der Waals surface area contributed by atoms with Gasteiger partial charge in [-0.25, -0.2) is 0 Å². The van der Waals surface area contributed by atoms with Crippen molar-refractivity contribution >= 4 is 31.9 Å². The Balaban J connectivity index is 2.52. The summed E-state index contributed by atoms with van der Waals surface area (Å²) in [6, 6.07) is 12.7. The van der Waals surface area contributed by atoms with Crippen LogP contribution in [0.2, 0.25) is 0 Å². The monoisotopic (exact) mass is 411 g/mol. The first kappa shape index (κ1) is 16.5. The molecule has 0 saturated carbocycles. The van der Waals surface area contributed by atoms with E-state index in [2.05, 4.69) is 75.3 Å². The van der Waals surface area contributed by atoms with E-state index in [4.69, 9.17) is 4.74 Å². The lowest BCUT2D eigenvalue weighted by Gasteiger charge is -2.22. The molecule has 0 radical (unpaired) electrons. The normalized spacial score (nSPS) is 12.2. The average Bonchev–Trinajstić information content (AvgIpc) is 2.48. The second-order valence-corrected chi connectivity index (χ2v) is 6.66. The predicted octanol–water partition coefficient (Wildman–Crippen LogP) is 5.23. The molecular weight excluding hydrogens is 394 g/mol. The van der Waals surface area contributed by atoms with Crippen LogP contribution in [0, 0.1) is 6.92 Å². The molecule has 2 aromatic carbocycles. The van der Waals surface area contributed by atoms with Crippen LogP contribution >= 0.6 is 31.9 Å². The molecule has 2 aromatic rings. The van der Waals surface area contributed by atoms with E-state index in [9.17, 15) is 0 Å². The van der Waals surface area contributed by atoms with E-state index in [1.54, 1.807) is 7.11 Å². The molecule has 0 heterocycles. The van der Waals surface area contributed by atoms with E-state index < -0.39 is 0 Å². The molecule has 0 aliphatic carbocycles. The van der Waals surface area contributed by atoms with Crippen LogP contribution in [0.4, 0.5) is 0 Å². The van der Waals surface area contributed by atoms with Crippen LogP contribution in [-0.2, 0) is 0 Å². The van der Waals surface area contributed by atoms with E-state index in [1.165, 1.54) is 11.1 Å². The zero-order valence-electron chi connectivity index (χ0n) is 12.4. The third-order valence-corrected chi connectivity index (χ3v) is 4.81. The first-order chi connectivity index (χ1) is 10.1. The Bertz CT molecular complexity index is 628. The first-order valence-electron chi connectivity index (χ1n) is 6.89. The minimum atomic E-state index is 0.106. The Labute approximate surface area is 143 Å².